The zero-order valence-electron chi connectivity index (χ0n) is 16.1. The predicted octanol–water partition coefficient (Wildman–Crippen LogP) is 1.83. The Morgan fingerprint density at radius 3 is 2.50 bits per heavy atom. The van der Waals surface area contributed by atoms with Gasteiger partial charge in [-0.3, -0.25) is 9.48 Å². The van der Waals surface area contributed by atoms with Crippen molar-refractivity contribution in [3.8, 4) is 0 Å². The molecule has 1 fully saturated rings. The standard InChI is InChI=1S/C19H23N3O5S/c1-12-17(13(2)22(21-12)16-8-9-28(25,26)11-16)10-18(23)20-15-6-4-14(5-7-15)19(24)27-3/h4-7,16H,8-11H2,1-3H3,(H,20,23). The van der Waals surface area contributed by atoms with Gasteiger partial charge in [-0.2, -0.15) is 5.10 Å². The third-order valence-electron chi connectivity index (χ3n) is 4.96. The lowest BCUT2D eigenvalue weighted by Gasteiger charge is -2.11. The Labute approximate surface area is 163 Å². The largest absolute Gasteiger partial charge is 0.465 e. The number of esters is 1. The van der Waals surface area contributed by atoms with Gasteiger partial charge in [0.1, 0.15) is 0 Å². The highest BCUT2D eigenvalue weighted by Crippen LogP contribution is 2.27. The number of anilines is 1. The molecule has 0 aliphatic carbocycles. The summed E-state index contributed by atoms with van der Waals surface area (Å²) in [7, 11) is -1.70. The van der Waals surface area contributed by atoms with Crippen molar-refractivity contribution in [2.75, 3.05) is 23.9 Å². The van der Waals surface area contributed by atoms with Crippen LogP contribution in [0.15, 0.2) is 24.3 Å². The second-order valence-electron chi connectivity index (χ2n) is 6.94. The number of nitrogens with zero attached hydrogens (tertiary/aromatic N) is 2. The lowest BCUT2D eigenvalue weighted by molar-refractivity contribution is -0.115. The fourth-order valence-electron chi connectivity index (χ4n) is 3.45. The van der Waals surface area contributed by atoms with Crippen molar-refractivity contribution in [3.63, 3.8) is 0 Å². The SMILES string of the molecule is COC(=O)c1ccc(NC(=O)Cc2c(C)nn(C3CCS(=O)(=O)C3)c2C)cc1. The minimum absolute atomic E-state index is 0.0904. The first-order valence-electron chi connectivity index (χ1n) is 8.93. The van der Waals surface area contributed by atoms with E-state index in [1.54, 1.807) is 28.9 Å². The molecule has 1 unspecified atom stereocenters. The molecule has 1 aromatic heterocycles. The Balaban J connectivity index is 1.70. The number of methoxy groups -OCH3 is 1. The van der Waals surface area contributed by atoms with E-state index < -0.39 is 15.8 Å². The van der Waals surface area contributed by atoms with E-state index in [1.165, 1.54) is 7.11 Å². The smallest absolute Gasteiger partial charge is 0.337 e. The summed E-state index contributed by atoms with van der Waals surface area (Å²) in [5.74, 6) is -0.387. The molecule has 1 aliphatic heterocycles. The number of ether oxygens (including phenoxy) is 1. The normalized spacial score (nSPS) is 18.0. The number of carbonyl (C=O) groups is 2. The van der Waals surface area contributed by atoms with Gasteiger partial charge in [-0.05, 0) is 44.5 Å². The summed E-state index contributed by atoms with van der Waals surface area (Å²) < 4.78 is 29.9. The second kappa shape index (κ2) is 7.75. The van der Waals surface area contributed by atoms with Gasteiger partial charge in [-0.25, -0.2) is 13.2 Å². The first kappa shape index (κ1) is 20.1. The van der Waals surface area contributed by atoms with Crippen molar-refractivity contribution in [2.24, 2.45) is 0 Å². The van der Waals surface area contributed by atoms with Gasteiger partial charge in [0.25, 0.3) is 0 Å². The molecule has 9 heteroatoms. The lowest BCUT2D eigenvalue weighted by atomic mass is 10.1. The van der Waals surface area contributed by atoms with Gasteiger partial charge >= 0.3 is 5.97 Å². The van der Waals surface area contributed by atoms with Crippen molar-refractivity contribution in [3.05, 3.63) is 46.8 Å². The van der Waals surface area contributed by atoms with Crippen LogP contribution in [0.5, 0.6) is 0 Å². The van der Waals surface area contributed by atoms with E-state index in [9.17, 15) is 18.0 Å². The molecule has 2 aromatic rings. The second-order valence-corrected chi connectivity index (χ2v) is 9.17. The monoisotopic (exact) mass is 405 g/mol. The molecule has 2 heterocycles. The quantitative estimate of drug-likeness (QED) is 0.761. The molecule has 0 radical (unpaired) electrons. The fraction of sp³-hybridized carbons (Fsp3) is 0.421. The van der Waals surface area contributed by atoms with E-state index in [0.29, 0.717) is 17.7 Å². The van der Waals surface area contributed by atoms with Crippen LogP contribution in [0.25, 0.3) is 0 Å². The van der Waals surface area contributed by atoms with E-state index in [1.807, 2.05) is 13.8 Å². The number of nitrogens with one attached hydrogen (secondary N) is 1. The minimum Gasteiger partial charge on any atom is -0.465 e. The van der Waals surface area contributed by atoms with Crippen LogP contribution in [-0.2, 0) is 25.8 Å². The number of aromatic nitrogens is 2. The number of aryl methyl sites for hydroxylation is 1. The number of hydrogen-bond donors (Lipinski definition) is 1. The topological polar surface area (TPSA) is 107 Å². The summed E-state index contributed by atoms with van der Waals surface area (Å²) in [5, 5.41) is 7.28. The zero-order chi connectivity index (χ0) is 20.5. The minimum atomic E-state index is -3.01. The third-order valence-corrected chi connectivity index (χ3v) is 6.71. The van der Waals surface area contributed by atoms with Crippen LogP contribution >= 0.6 is 0 Å². The molecule has 8 nitrogen and oxygen atoms in total. The number of sulfone groups is 1. The molecular weight excluding hydrogens is 382 g/mol. The molecule has 0 saturated carbocycles. The number of benzene rings is 1. The molecule has 1 amide bonds. The Bertz CT molecular complexity index is 1010. The van der Waals surface area contributed by atoms with E-state index >= 15 is 0 Å². The predicted molar refractivity (Wildman–Crippen MR) is 104 cm³/mol. The van der Waals surface area contributed by atoms with Crippen LogP contribution < -0.4 is 5.32 Å². The molecule has 1 N–H and O–H groups in total. The average molecular weight is 405 g/mol. The summed E-state index contributed by atoms with van der Waals surface area (Å²) in [4.78, 5) is 23.9. The first-order chi connectivity index (χ1) is 13.2. The molecule has 1 saturated heterocycles. The number of carbonyl (C=O) groups excluding carboxylic acids is 2. The lowest BCUT2D eigenvalue weighted by Crippen LogP contribution is -2.16. The molecule has 150 valence electrons. The van der Waals surface area contributed by atoms with Crippen LogP contribution in [0.2, 0.25) is 0 Å². The van der Waals surface area contributed by atoms with Crippen LogP contribution in [0.1, 0.15) is 39.8 Å². The van der Waals surface area contributed by atoms with Gasteiger partial charge in [0.15, 0.2) is 9.84 Å². The highest BCUT2D eigenvalue weighted by molar-refractivity contribution is 7.91. The third kappa shape index (κ3) is 4.24. The first-order valence-corrected chi connectivity index (χ1v) is 10.8. The molecular formula is C19H23N3O5S. The van der Waals surface area contributed by atoms with Crippen molar-refractivity contribution < 1.29 is 22.7 Å². The maximum Gasteiger partial charge on any atom is 0.337 e. The zero-order valence-corrected chi connectivity index (χ0v) is 16.9. The fourth-order valence-corrected chi connectivity index (χ4v) is 5.14. The van der Waals surface area contributed by atoms with Gasteiger partial charge in [-0.1, -0.05) is 0 Å². The van der Waals surface area contributed by atoms with Crippen molar-refractivity contribution in [1.29, 1.82) is 0 Å². The number of hydrogen-bond acceptors (Lipinski definition) is 6. The van der Waals surface area contributed by atoms with Gasteiger partial charge < -0.3 is 10.1 Å². The summed E-state index contributed by atoms with van der Waals surface area (Å²) in [6.45, 7) is 3.68. The molecule has 1 aliphatic rings. The van der Waals surface area contributed by atoms with Crippen molar-refractivity contribution in [2.45, 2.75) is 32.7 Å². The van der Waals surface area contributed by atoms with Crippen LogP contribution in [-0.4, -0.2) is 48.7 Å². The maximum absolute atomic E-state index is 12.5. The summed E-state index contributed by atoms with van der Waals surface area (Å²) in [6.07, 6.45) is 0.679. The Kier molecular flexibility index (Phi) is 5.55. The summed E-state index contributed by atoms with van der Waals surface area (Å²) in [6, 6.07) is 6.26. The summed E-state index contributed by atoms with van der Waals surface area (Å²) >= 11 is 0. The number of rotatable bonds is 5. The Hall–Kier alpha value is -2.68. The maximum atomic E-state index is 12.5. The highest BCUT2D eigenvalue weighted by Gasteiger charge is 2.31. The van der Waals surface area contributed by atoms with Crippen molar-refractivity contribution >= 4 is 27.4 Å². The molecule has 0 spiro atoms. The van der Waals surface area contributed by atoms with Crippen LogP contribution in [0.4, 0.5) is 5.69 Å². The molecule has 0 bridgehead atoms. The Morgan fingerprint density at radius 2 is 1.93 bits per heavy atom. The van der Waals surface area contributed by atoms with Gasteiger partial charge in [0.2, 0.25) is 5.91 Å². The molecule has 3 rings (SSSR count). The molecule has 1 atom stereocenters. The van der Waals surface area contributed by atoms with Crippen molar-refractivity contribution in [1.82, 2.24) is 9.78 Å². The van der Waals surface area contributed by atoms with Crippen LogP contribution in [0, 0.1) is 13.8 Å². The van der Waals surface area contributed by atoms with Gasteiger partial charge in [0.05, 0.1) is 42.3 Å². The van der Waals surface area contributed by atoms with E-state index in [-0.39, 0.29) is 29.9 Å². The van der Waals surface area contributed by atoms with Gasteiger partial charge in [0, 0.05) is 16.9 Å². The van der Waals surface area contributed by atoms with Crippen LogP contribution in [0.3, 0.4) is 0 Å². The highest BCUT2D eigenvalue weighted by atomic mass is 32.2. The summed E-state index contributed by atoms with van der Waals surface area (Å²) in [5.41, 5.74) is 3.31. The van der Waals surface area contributed by atoms with E-state index in [4.69, 9.17) is 0 Å². The average Bonchev–Trinajstić information content (AvgIpc) is 3.15. The Morgan fingerprint density at radius 1 is 1.25 bits per heavy atom. The molecule has 28 heavy (non-hydrogen) atoms. The van der Waals surface area contributed by atoms with E-state index in [2.05, 4.69) is 15.2 Å². The van der Waals surface area contributed by atoms with E-state index in [0.717, 1.165) is 17.0 Å². The number of amides is 1. The van der Waals surface area contributed by atoms with Gasteiger partial charge in [-0.15, -0.1) is 0 Å². The molecule has 1 aromatic carbocycles.